The molecule has 3 rings (SSSR count). The fourth-order valence-corrected chi connectivity index (χ4v) is 2.85. The molecular weight excluding hydrogens is 340 g/mol. The quantitative estimate of drug-likeness (QED) is 0.363. The number of oxime groups is 1. The summed E-state index contributed by atoms with van der Waals surface area (Å²) in [6.07, 6.45) is 1.72. The molecule has 2 aromatic carbocycles. The summed E-state index contributed by atoms with van der Waals surface area (Å²) in [5.41, 5.74) is 3.09. The van der Waals surface area contributed by atoms with Gasteiger partial charge in [0.25, 0.3) is 0 Å². The van der Waals surface area contributed by atoms with Crippen LogP contribution in [0.25, 0.3) is 10.9 Å². The van der Waals surface area contributed by atoms with Gasteiger partial charge in [-0.1, -0.05) is 35.5 Å². The highest BCUT2D eigenvalue weighted by molar-refractivity contribution is 5.98. The molecule has 3 aromatic rings. The minimum Gasteiger partial charge on any atom is -0.411 e. The van der Waals surface area contributed by atoms with Crippen molar-refractivity contribution in [2.75, 3.05) is 5.32 Å². The van der Waals surface area contributed by atoms with Crippen molar-refractivity contribution in [3.8, 4) is 0 Å². The van der Waals surface area contributed by atoms with Gasteiger partial charge in [-0.05, 0) is 56.2 Å². The Kier molecular flexibility index (Phi) is 5.07. The van der Waals surface area contributed by atoms with Crippen molar-refractivity contribution in [1.82, 2.24) is 10.3 Å². The van der Waals surface area contributed by atoms with Gasteiger partial charge >= 0.3 is 6.03 Å². The van der Waals surface area contributed by atoms with Gasteiger partial charge in [0.1, 0.15) is 0 Å². The number of urea groups is 1. The number of hydrogen-bond acceptors (Lipinski definition) is 4. The van der Waals surface area contributed by atoms with E-state index in [-0.39, 0.29) is 6.03 Å². The number of nitrogens with zero attached hydrogens (tertiary/aromatic N) is 2. The van der Waals surface area contributed by atoms with Crippen LogP contribution >= 0.6 is 0 Å². The first-order valence-electron chi connectivity index (χ1n) is 8.62. The van der Waals surface area contributed by atoms with E-state index in [9.17, 15) is 4.79 Å². The lowest BCUT2D eigenvalue weighted by Crippen LogP contribution is -2.43. The summed E-state index contributed by atoms with van der Waals surface area (Å²) in [7, 11) is 0. The maximum absolute atomic E-state index is 12.5. The van der Waals surface area contributed by atoms with Crippen LogP contribution in [-0.2, 0) is 5.54 Å². The number of aromatic nitrogens is 1. The zero-order chi connectivity index (χ0) is 19.4. The number of carbonyl (C=O) groups is 1. The van der Waals surface area contributed by atoms with E-state index in [1.54, 1.807) is 13.1 Å². The van der Waals surface area contributed by atoms with Crippen LogP contribution in [0, 0.1) is 0 Å². The molecule has 0 radical (unpaired) electrons. The van der Waals surface area contributed by atoms with Gasteiger partial charge in [-0.15, -0.1) is 0 Å². The average molecular weight is 362 g/mol. The lowest BCUT2D eigenvalue weighted by Gasteiger charge is -2.27. The first-order valence-corrected chi connectivity index (χ1v) is 8.62. The van der Waals surface area contributed by atoms with E-state index in [1.807, 2.05) is 68.4 Å². The molecule has 27 heavy (non-hydrogen) atoms. The van der Waals surface area contributed by atoms with E-state index in [1.165, 1.54) is 0 Å². The van der Waals surface area contributed by atoms with Gasteiger partial charge in [0, 0.05) is 17.3 Å². The third-order valence-electron chi connectivity index (χ3n) is 4.44. The maximum atomic E-state index is 12.5. The molecule has 0 aliphatic heterocycles. The zero-order valence-electron chi connectivity index (χ0n) is 15.5. The summed E-state index contributed by atoms with van der Waals surface area (Å²) in [4.78, 5) is 16.8. The number of pyridine rings is 1. The van der Waals surface area contributed by atoms with Gasteiger partial charge in [-0.25, -0.2) is 4.79 Å². The minimum absolute atomic E-state index is 0.312. The third-order valence-corrected chi connectivity index (χ3v) is 4.44. The van der Waals surface area contributed by atoms with Gasteiger partial charge in [-0.3, -0.25) is 4.98 Å². The van der Waals surface area contributed by atoms with Crippen LogP contribution < -0.4 is 10.6 Å². The van der Waals surface area contributed by atoms with Crippen molar-refractivity contribution < 1.29 is 10.0 Å². The van der Waals surface area contributed by atoms with E-state index in [0.717, 1.165) is 22.0 Å². The van der Waals surface area contributed by atoms with Gasteiger partial charge in [0.15, 0.2) is 0 Å². The van der Waals surface area contributed by atoms with Gasteiger partial charge < -0.3 is 15.8 Å². The largest absolute Gasteiger partial charge is 0.411 e. The van der Waals surface area contributed by atoms with Crippen LogP contribution in [0.3, 0.4) is 0 Å². The number of amides is 2. The summed E-state index contributed by atoms with van der Waals surface area (Å²) in [5.74, 6) is 0. The van der Waals surface area contributed by atoms with E-state index in [0.29, 0.717) is 11.4 Å². The number of hydrogen-bond donors (Lipinski definition) is 3. The second-order valence-electron chi connectivity index (χ2n) is 6.88. The third kappa shape index (κ3) is 4.23. The molecule has 6 nitrogen and oxygen atoms in total. The first-order chi connectivity index (χ1) is 12.9. The molecule has 138 valence electrons. The van der Waals surface area contributed by atoms with Crippen molar-refractivity contribution in [1.29, 1.82) is 0 Å². The zero-order valence-corrected chi connectivity index (χ0v) is 15.5. The highest BCUT2D eigenvalue weighted by atomic mass is 16.4. The highest BCUT2D eigenvalue weighted by Crippen LogP contribution is 2.22. The van der Waals surface area contributed by atoms with Crippen LogP contribution in [0.5, 0.6) is 0 Å². The molecule has 1 heterocycles. The topological polar surface area (TPSA) is 86.6 Å². The molecule has 2 amide bonds. The van der Waals surface area contributed by atoms with Crippen molar-refractivity contribution in [3.05, 3.63) is 71.9 Å². The second kappa shape index (κ2) is 7.45. The number of rotatable bonds is 4. The van der Waals surface area contributed by atoms with E-state index >= 15 is 0 Å². The Morgan fingerprint density at radius 3 is 2.70 bits per heavy atom. The lowest BCUT2D eigenvalue weighted by atomic mass is 9.92. The maximum Gasteiger partial charge on any atom is 0.319 e. The summed E-state index contributed by atoms with van der Waals surface area (Å²) in [5, 5.41) is 19.1. The molecule has 0 aliphatic carbocycles. The van der Waals surface area contributed by atoms with Gasteiger partial charge in [-0.2, -0.15) is 0 Å². The van der Waals surface area contributed by atoms with Crippen LogP contribution in [-0.4, -0.2) is 21.9 Å². The Labute approximate surface area is 157 Å². The number of nitrogens with one attached hydrogen (secondary N) is 2. The van der Waals surface area contributed by atoms with Gasteiger partial charge in [0.2, 0.25) is 0 Å². The predicted molar refractivity (Wildman–Crippen MR) is 107 cm³/mol. The summed E-state index contributed by atoms with van der Waals surface area (Å²) < 4.78 is 0. The molecule has 0 saturated heterocycles. The van der Waals surface area contributed by atoms with Crippen LogP contribution in [0.4, 0.5) is 10.5 Å². The second-order valence-corrected chi connectivity index (χ2v) is 6.88. The van der Waals surface area contributed by atoms with E-state index < -0.39 is 5.54 Å². The van der Waals surface area contributed by atoms with Crippen molar-refractivity contribution in [2.24, 2.45) is 5.16 Å². The number of carbonyl (C=O) groups excluding carboxylic acids is 1. The summed E-state index contributed by atoms with van der Waals surface area (Å²) >= 11 is 0. The fourth-order valence-electron chi connectivity index (χ4n) is 2.85. The SMILES string of the molecule is C/C(=N/O)c1cccc(C(C)(C)NC(=O)Nc2ccc3cccnc3c2)c1. The van der Waals surface area contributed by atoms with Gasteiger partial charge in [0.05, 0.1) is 16.8 Å². The van der Waals surface area contributed by atoms with Crippen molar-refractivity contribution >= 4 is 28.3 Å². The van der Waals surface area contributed by atoms with Crippen molar-refractivity contribution in [3.63, 3.8) is 0 Å². The molecule has 0 fully saturated rings. The Morgan fingerprint density at radius 2 is 1.93 bits per heavy atom. The molecule has 0 unspecified atom stereocenters. The average Bonchev–Trinajstić information content (AvgIpc) is 2.67. The molecule has 1 aromatic heterocycles. The Hall–Kier alpha value is -3.41. The highest BCUT2D eigenvalue weighted by Gasteiger charge is 2.23. The number of anilines is 1. The standard InChI is InChI=1S/C21H22N4O2/c1-14(25-27)16-6-4-8-17(12-16)21(2,3)24-20(26)23-18-10-9-15-7-5-11-22-19(15)13-18/h4-13,27H,1-3H3,(H2,23,24,26)/b25-14-. The summed E-state index contributed by atoms with van der Waals surface area (Å²) in [6.45, 7) is 5.55. The van der Waals surface area contributed by atoms with Crippen LogP contribution in [0.1, 0.15) is 31.9 Å². The molecule has 0 spiro atoms. The summed E-state index contributed by atoms with van der Waals surface area (Å²) in [6, 6.07) is 16.7. The normalized spacial score (nSPS) is 12.0. The fraction of sp³-hybridized carbons (Fsp3) is 0.190. The predicted octanol–water partition coefficient (Wildman–Crippen LogP) is 4.49. The number of fused-ring (bicyclic) bond motifs is 1. The smallest absolute Gasteiger partial charge is 0.319 e. The van der Waals surface area contributed by atoms with Crippen LogP contribution in [0.2, 0.25) is 0 Å². The number of benzene rings is 2. The lowest BCUT2D eigenvalue weighted by molar-refractivity contribution is 0.242. The Morgan fingerprint density at radius 1 is 1.11 bits per heavy atom. The van der Waals surface area contributed by atoms with E-state index in [4.69, 9.17) is 5.21 Å². The molecule has 0 bridgehead atoms. The van der Waals surface area contributed by atoms with Crippen LogP contribution in [0.15, 0.2) is 65.9 Å². The molecule has 0 saturated carbocycles. The molecular formula is C21H22N4O2. The molecule has 0 atom stereocenters. The Balaban J connectivity index is 1.75. The Bertz CT molecular complexity index is 1010. The first kappa shape index (κ1) is 18.4. The van der Waals surface area contributed by atoms with Crippen molar-refractivity contribution in [2.45, 2.75) is 26.3 Å². The monoisotopic (exact) mass is 362 g/mol. The molecule has 3 N–H and O–H groups in total. The van der Waals surface area contributed by atoms with E-state index in [2.05, 4.69) is 20.8 Å². The molecule has 6 heteroatoms. The molecule has 0 aliphatic rings. The minimum atomic E-state index is -0.620.